The molecule has 0 spiro atoms. The Kier molecular flexibility index (Phi) is 38.1. The molecule has 0 saturated carbocycles. The second-order valence-corrected chi connectivity index (χ2v) is 27.7. The Balaban J connectivity index is 1.93. The van der Waals surface area contributed by atoms with Crippen molar-refractivity contribution in [1.82, 2.24) is 63.8 Å². The molecule has 17 amide bonds. The van der Waals surface area contributed by atoms with Gasteiger partial charge in [0.15, 0.2) is 0 Å². The van der Waals surface area contributed by atoms with E-state index in [2.05, 4.69) is 63.8 Å². The molecule has 4 rings (SSSR count). The molecule has 1 aliphatic heterocycles. The molecule has 0 aliphatic carbocycles. The fourth-order valence-electron chi connectivity index (χ4n) is 11.3. The number of rotatable bonds is 40. The summed E-state index contributed by atoms with van der Waals surface area (Å²) < 4.78 is 5.67. The van der Waals surface area contributed by atoms with E-state index in [4.69, 9.17) is 44.9 Å². The standard InChI is InChI=1S/C70H101N19O21S/c1-36(90)58-68(108)82-44(17-21-53(74)93)60(100)80-43(16-20-52(73)92)61(101)86-51(35-111-29-24-47(79-37(2)91)63(103)81-45(64(104)88-58)18-22-54(75)94)66(106)83-48(31-38-11-14-42(15-12-38)110-28-27-72)65(105)84-49(32-39-10-13-40-8-4-5-9-41(40)30-39)67(107)89-70(3,25-6-7-26-71)69(109)87-46(19-23-57(97)98)62(102)85-50(33-55(76)95)59(99)78-34-56(77)96/h4-5,8-15,30,36,43-51,58,90H,6-7,16-29,31-35,71-72H2,1-3H3,(H2,73,92)(H2,74,93)(H2,75,94)(H2,76,95)(H2,77,96)(H,78,99)(H,79,91)(H,80,100)(H,81,103)(H,82,108)(H,83,106)(H,84,105)(H,85,102)(H,86,101)(H,87,109)(H,88,104)(H,89,107)(H,97,98)/t36-,43+,44+,45+,46+,47+,48+,49+,50+,51+,58+,70+/m1/s1. The summed E-state index contributed by atoms with van der Waals surface area (Å²) in [5, 5.41) is 51.4. The summed E-state index contributed by atoms with van der Waals surface area (Å²) in [6.07, 6.45) is -8.39. The minimum atomic E-state index is -2.10. The van der Waals surface area contributed by atoms with Crippen LogP contribution in [-0.4, -0.2) is 226 Å². The molecule has 41 heteroatoms. The normalized spacial score (nSPS) is 19.2. The number of carbonyl (C=O) groups is 18. The first-order valence-electron chi connectivity index (χ1n) is 35.5. The van der Waals surface area contributed by atoms with Gasteiger partial charge in [0.1, 0.15) is 78.3 Å². The fourth-order valence-corrected chi connectivity index (χ4v) is 12.3. The molecule has 3 aromatic rings. The van der Waals surface area contributed by atoms with E-state index in [0.29, 0.717) is 22.3 Å². The van der Waals surface area contributed by atoms with Crippen molar-refractivity contribution in [3.8, 4) is 5.75 Å². The first kappa shape index (κ1) is 91.8. The molecule has 3 aromatic carbocycles. The van der Waals surface area contributed by atoms with Crippen molar-refractivity contribution in [2.24, 2.45) is 40.1 Å². The predicted octanol–water partition coefficient (Wildman–Crippen LogP) is -7.51. The molecule has 111 heavy (non-hydrogen) atoms. The summed E-state index contributed by atoms with van der Waals surface area (Å²) in [7, 11) is 0. The fraction of sp³-hybridized carbons (Fsp3) is 0.514. The number of ether oxygens (including phenoxy) is 1. The summed E-state index contributed by atoms with van der Waals surface area (Å²) in [5.74, 6) is -20.1. The number of nitrogens with one attached hydrogen (secondary N) is 12. The van der Waals surface area contributed by atoms with Crippen molar-refractivity contribution >= 4 is 129 Å². The molecular weight excluding hydrogens is 1470 g/mol. The molecule has 1 saturated heterocycles. The maximum atomic E-state index is 15.6. The molecule has 1 aliphatic rings. The highest BCUT2D eigenvalue weighted by Crippen LogP contribution is 2.22. The predicted molar refractivity (Wildman–Crippen MR) is 399 cm³/mol. The second kappa shape index (κ2) is 46.0. The number of nitrogens with two attached hydrogens (primary N) is 7. The van der Waals surface area contributed by atoms with Gasteiger partial charge in [-0.2, -0.15) is 11.8 Å². The lowest BCUT2D eigenvalue weighted by Gasteiger charge is -2.34. The largest absolute Gasteiger partial charge is 0.492 e. The number of primary amides is 5. The molecular formula is C70H101N19O21S. The van der Waals surface area contributed by atoms with Crippen molar-refractivity contribution in [3.05, 3.63) is 77.9 Å². The van der Waals surface area contributed by atoms with Crippen LogP contribution in [0.5, 0.6) is 5.75 Å². The van der Waals surface area contributed by atoms with Gasteiger partial charge in [0, 0.05) is 57.7 Å². The number of aliphatic hydroxyl groups excluding tert-OH is 1. The van der Waals surface area contributed by atoms with Crippen LogP contribution in [0.15, 0.2) is 66.7 Å². The number of carboxylic acid groups (broad SMARTS) is 1. The molecule has 40 nitrogen and oxygen atoms in total. The van der Waals surface area contributed by atoms with Crippen LogP contribution in [0.2, 0.25) is 0 Å². The van der Waals surface area contributed by atoms with Gasteiger partial charge in [-0.1, -0.05) is 54.6 Å². The van der Waals surface area contributed by atoms with Gasteiger partial charge in [-0.15, -0.1) is 0 Å². The summed E-state index contributed by atoms with van der Waals surface area (Å²) in [6, 6.07) is 0.626. The van der Waals surface area contributed by atoms with Crippen LogP contribution in [0.4, 0.5) is 0 Å². The lowest BCUT2D eigenvalue weighted by molar-refractivity contribution is -0.140. The number of fused-ring (bicyclic) bond motifs is 1. The van der Waals surface area contributed by atoms with Gasteiger partial charge in [0.2, 0.25) is 100 Å². The SMILES string of the molecule is CC(=O)N[C@H]1CCSC[C@@H](C(=O)N[C@@H](Cc2ccc(OCCN)cc2)C(=O)N[C@@H](Cc2ccc3ccccc3c2)C(=O)N[C@@](C)(CCCCN)C(=O)N[C@@H](CCC(=O)O)C(=O)N[C@@H](CC(N)=O)C(=O)NCC(N)=O)NC(=O)[C@H](CCC(N)=O)NC(=O)[C@H](CCC(N)=O)NC(=O)[C@H]([C@@H](C)O)NC(=O)[C@H](CCC(N)=O)NC1=O. The highest BCUT2D eigenvalue weighted by atomic mass is 32.2. The van der Waals surface area contributed by atoms with Gasteiger partial charge in [-0.3, -0.25) is 86.3 Å². The van der Waals surface area contributed by atoms with Gasteiger partial charge in [0.05, 0.1) is 19.1 Å². The Morgan fingerprint density at radius 3 is 1.68 bits per heavy atom. The van der Waals surface area contributed by atoms with Gasteiger partial charge in [-0.25, -0.2) is 0 Å². The quantitative estimate of drug-likeness (QED) is 0.0235. The number of aliphatic carboxylic acids is 1. The number of hydrogen-bond donors (Lipinski definition) is 21. The zero-order chi connectivity index (χ0) is 82.7. The average Bonchev–Trinajstić information content (AvgIpc) is 0.802. The van der Waals surface area contributed by atoms with Crippen LogP contribution in [-0.2, 0) is 99.1 Å². The summed E-state index contributed by atoms with van der Waals surface area (Å²) in [4.78, 5) is 245. The maximum absolute atomic E-state index is 15.6. The summed E-state index contributed by atoms with van der Waals surface area (Å²) in [5.41, 5.74) is 37.1. The maximum Gasteiger partial charge on any atom is 0.303 e. The van der Waals surface area contributed by atoms with Crippen molar-refractivity contribution < 1.29 is 101 Å². The molecule has 0 radical (unpaired) electrons. The van der Waals surface area contributed by atoms with Crippen LogP contribution in [0.1, 0.15) is 115 Å². The first-order valence-corrected chi connectivity index (χ1v) is 36.7. The van der Waals surface area contributed by atoms with E-state index in [1.807, 2.05) is 6.07 Å². The lowest BCUT2D eigenvalue weighted by atomic mass is 9.91. The third-order valence-electron chi connectivity index (χ3n) is 17.2. The Morgan fingerprint density at radius 1 is 0.586 bits per heavy atom. The zero-order valence-corrected chi connectivity index (χ0v) is 62.5. The number of aliphatic hydroxyl groups is 1. The number of unbranched alkanes of at least 4 members (excludes halogenated alkanes) is 1. The van der Waals surface area contributed by atoms with Gasteiger partial charge < -0.3 is 119 Å². The van der Waals surface area contributed by atoms with Crippen LogP contribution < -0.4 is 109 Å². The van der Waals surface area contributed by atoms with E-state index >= 15 is 14.4 Å². The van der Waals surface area contributed by atoms with Gasteiger partial charge >= 0.3 is 5.97 Å². The third kappa shape index (κ3) is 32.6. The molecule has 1 fully saturated rings. The van der Waals surface area contributed by atoms with Crippen molar-refractivity contribution in [3.63, 3.8) is 0 Å². The molecule has 1 heterocycles. The average molecular weight is 1580 g/mol. The number of carboxylic acids is 1. The van der Waals surface area contributed by atoms with Crippen molar-refractivity contribution in [2.75, 3.05) is 37.7 Å². The molecule has 608 valence electrons. The van der Waals surface area contributed by atoms with Crippen LogP contribution in [0.25, 0.3) is 10.8 Å². The summed E-state index contributed by atoms with van der Waals surface area (Å²) >= 11 is 0.879. The minimum absolute atomic E-state index is 0.0804. The topological polar surface area (TPSA) is 683 Å². The second-order valence-electron chi connectivity index (χ2n) is 26.5. The lowest BCUT2D eigenvalue weighted by Crippen LogP contribution is -2.64. The van der Waals surface area contributed by atoms with E-state index in [1.54, 1.807) is 36.4 Å². The van der Waals surface area contributed by atoms with E-state index in [-0.39, 0.29) is 57.6 Å². The van der Waals surface area contributed by atoms with Crippen molar-refractivity contribution in [1.29, 1.82) is 0 Å². The van der Waals surface area contributed by atoms with Crippen molar-refractivity contribution in [2.45, 2.75) is 189 Å². The number of benzene rings is 3. The Labute approximate surface area is 642 Å². The highest BCUT2D eigenvalue weighted by molar-refractivity contribution is 7.99. The van der Waals surface area contributed by atoms with E-state index < -0.39 is 255 Å². The van der Waals surface area contributed by atoms with Gasteiger partial charge in [0.25, 0.3) is 0 Å². The third-order valence-corrected chi connectivity index (χ3v) is 18.3. The summed E-state index contributed by atoms with van der Waals surface area (Å²) in [6.45, 7) is 2.98. The molecule has 28 N–H and O–H groups in total. The van der Waals surface area contributed by atoms with E-state index in [9.17, 15) is 82.1 Å². The Hall–Kier alpha value is -11.6. The molecule has 0 aromatic heterocycles. The minimum Gasteiger partial charge on any atom is -0.492 e. The van der Waals surface area contributed by atoms with Crippen LogP contribution in [0.3, 0.4) is 0 Å². The zero-order valence-electron chi connectivity index (χ0n) is 61.7. The Bertz CT molecular complexity index is 3850. The smallest absolute Gasteiger partial charge is 0.303 e. The number of thioether (sulfide) groups is 1. The number of amides is 17. The molecule has 0 unspecified atom stereocenters. The molecule has 0 bridgehead atoms. The number of carbonyl (C=O) groups excluding carboxylic acids is 17. The molecule has 12 atom stereocenters. The first-order chi connectivity index (χ1) is 52.4. The van der Waals surface area contributed by atoms with Crippen LogP contribution >= 0.6 is 11.8 Å². The van der Waals surface area contributed by atoms with E-state index in [1.165, 1.54) is 31.2 Å². The number of hydrogen-bond acceptors (Lipinski definition) is 23. The van der Waals surface area contributed by atoms with Gasteiger partial charge in [-0.05, 0) is 112 Å². The van der Waals surface area contributed by atoms with Crippen LogP contribution in [0, 0.1) is 0 Å². The monoisotopic (exact) mass is 1580 g/mol. The Morgan fingerprint density at radius 2 is 1.13 bits per heavy atom. The highest BCUT2D eigenvalue weighted by Gasteiger charge is 2.42. The van der Waals surface area contributed by atoms with E-state index in [0.717, 1.165) is 31.0 Å².